The van der Waals surface area contributed by atoms with Crippen LogP contribution in [0.5, 0.6) is 0 Å². The molecule has 1 fully saturated rings. The highest BCUT2D eigenvalue weighted by Crippen LogP contribution is 2.22. The van der Waals surface area contributed by atoms with Crippen LogP contribution in [0.4, 0.5) is 0 Å². The molecule has 0 amide bonds. The number of hydrogen-bond donors (Lipinski definition) is 0. The minimum Gasteiger partial charge on any atom is -0.103 e. The van der Waals surface area contributed by atoms with E-state index in [4.69, 9.17) is 0 Å². The average Bonchev–Trinajstić information content (AvgIpc) is 1.90. The maximum atomic E-state index is 3.72. The summed E-state index contributed by atoms with van der Waals surface area (Å²) >= 11 is 0. The van der Waals surface area contributed by atoms with Crippen molar-refractivity contribution in [3.63, 3.8) is 0 Å². The zero-order valence-electron chi connectivity index (χ0n) is 5.19. The van der Waals surface area contributed by atoms with Gasteiger partial charge in [0.1, 0.15) is 0 Å². The molecule has 2 radical (unpaired) electrons. The third-order valence-corrected chi connectivity index (χ3v) is 1.63. The lowest BCUT2D eigenvalue weighted by atomic mass is 9.90. The summed E-state index contributed by atoms with van der Waals surface area (Å²) in [6.45, 7) is 3.72. The molecule has 1 aliphatic carbocycles. The molecule has 0 bridgehead atoms. The van der Waals surface area contributed by atoms with Crippen LogP contribution < -0.4 is 0 Å². The van der Waals surface area contributed by atoms with Gasteiger partial charge in [-0.25, -0.2) is 0 Å². The highest BCUT2D eigenvalue weighted by molar-refractivity contribution is 4.91. The molecule has 0 spiro atoms. The van der Waals surface area contributed by atoms with Crippen LogP contribution in [0.3, 0.4) is 0 Å². The first kappa shape index (κ1) is 5.87. The fourth-order valence-electron chi connectivity index (χ4n) is 1.08. The second-order valence-corrected chi connectivity index (χ2v) is 2.29. The molecule has 0 saturated heterocycles. The van der Waals surface area contributed by atoms with E-state index in [1.54, 1.807) is 0 Å². The Morgan fingerprint density at radius 2 is 2.38 bits per heavy atom. The zero-order chi connectivity index (χ0) is 5.82. The lowest BCUT2D eigenvalue weighted by molar-refractivity contribution is 0.513. The molecule has 44 valence electrons. The Labute approximate surface area is 51.6 Å². The van der Waals surface area contributed by atoms with Crippen LogP contribution in [0.1, 0.15) is 25.7 Å². The van der Waals surface area contributed by atoms with Crippen LogP contribution >= 0.6 is 0 Å². The van der Waals surface area contributed by atoms with Gasteiger partial charge in [-0.2, -0.15) is 0 Å². The van der Waals surface area contributed by atoms with E-state index in [0.717, 1.165) is 0 Å². The van der Waals surface area contributed by atoms with Gasteiger partial charge in [0.2, 0.25) is 0 Å². The van der Waals surface area contributed by atoms with Crippen LogP contribution in [0.2, 0.25) is 0 Å². The van der Waals surface area contributed by atoms with Crippen molar-refractivity contribution in [2.45, 2.75) is 25.7 Å². The molecule has 0 heteroatoms. The van der Waals surface area contributed by atoms with Crippen molar-refractivity contribution in [3.8, 4) is 0 Å². The Balaban J connectivity index is 2.22. The normalized spacial score (nSPS) is 23.0. The predicted molar refractivity (Wildman–Crippen MR) is 35.4 cm³/mol. The second kappa shape index (κ2) is 2.91. The average molecular weight is 108 g/mol. The predicted octanol–water partition coefficient (Wildman–Crippen LogP) is 2.44. The highest BCUT2D eigenvalue weighted by atomic mass is 14.1. The summed E-state index contributed by atoms with van der Waals surface area (Å²) in [6, 6.07) is 0. The summed E-state index contributed by atoms with van der Waals surface area (Å²) in [5.41, 5.74) is 0. The molecule has 0 aromatic heterocycles. The Hall–Kier alpha value is -0.260. The second-order valence-electron chi connectivity index (χ2n) is 2.29. The first-order valence-electron chi connectivity index (χ1n) is 3.29. The van der Waals surface area contributed by atoms with Gasteiger partial charge in [-0.05, 0) is 25.2 Å². The standard InChI is InChI=1S/C8H12/c1-2-8-6-4-3-5-7-8/h2,8H,1,3-6H2. The maximum Gasteiger partial charge on any atom is -0.00991 e. The summed E-state index contributed by atoms with van der Waals surface area (Å²) in [5, 5.41) is 0. The lowest BCUT2D eigenvalue weighted by Crippen LogP contribution is -2.02. The molecule has 1 unspecified atom stereocenters. The van der Waals surface area contributed by atoms with Gasteiger partial charge in [-0.3, -0.25) is 0 Å². The van der Waals surface area contributed by atoms with E-state index >= 15 is 0 Å². The first-order chi connectivity index (χ1) is 3.93. The zero-order valence-corrected chi connectivity index (χ0v) is 5.19. The lowest BCUT2D eigenvalue weighted by Gasteiger charge is -2.15. The highest BCUT2D eigenvalue weighted by Gasteiger charge is 2.08. The van der Waals surface area contributed by atoms with Gasteiger partial charge in [0.25, 0.3) is 0 Å². The van der Waals surface area contributed by atoms with Crippen molar-refractivity contribution in [2.75, 3.05) is 0 Å². The van der Waals surface area contributed by atoms with E-state index in [1.807, 2.05) is 6.08 Å². The first-order valence-corrected chi connectivity index (χ1v) is 3.29. The molecule has 1 rings (SSSR count). The van der Waals surface area contributed by atoms with E-state index in [-0.39, 0.29) is 0 Å². The Morgan fingerprint density at radius 1 is 1.50 bits per heavy atom. The van der Waals surface area contributed by atoms with Crippen LogP contribution in [-0.2, 0) is 0 Å². The number of allylic oxidation sites excluding steroid dienone is 1. The van der Waals surface area contributed by atoms with E-state index in [9.17, 15) is 0 Å². The van der Waals surface area contributed by atoms with Gasteiger partial charge in [-0.1, -0.05) is 18.9 Å². The molecule has 0 heterocycles. The maximum absolute atomic E-state index is 3.72. The van der Waals surface area contributed by atoms with Gasteiger partial charge in [0.05, 0.1) is 0 Å². The molecular formula is C8H12. The summed E-state index contributed by atoms with van der Waals surface area (Å²) < 4.78 is 0. The summed E-state index contributed by atoms with van der Waals surface area (Å²) in [7, 11) is 0. The minimum atomic E-state index is 0.601. The Morgan fingerprint density at radius 3 is 2.75 bits per heavy atom. The quantitative estimate of drug-likeness (QED) is 0.452. The van der Waals surface area contributed by atoms with Gasteiger partial charge < -0.3 is 0 Å². The monoisotopic (exact) mass is 108 g/mol. The van der Waals surface area contributed by atoms with Crippen molar-refractivity contribution in [2.24, 2.45) is 5.92 Å². The fraction of sp³-hybridized carbons (Fsp3) is 0.625. The van der Waals surface area contributed by atoms with Crippen LogP contribution in [0.25, 0.3) is 0 Å². The summed E-state index contributed by atoms with van der Waals surface area (Å²) in [4.78, 5) is 0. The molecule has 0 aromatic rings. The van der Waals surface area contributed by atoms with Crippen molar-refractivity contribution in [1.82, 2.24) is 0 Å². The minimum absolute atomic E-state index is 0.601. The van der Waals surface area contributed by atoms with Crippen molar-refractivity contribution in [3.05, 3.63) is 19.1 Å². The van der Waals surface area contributed by atoms with E-state index in [1.165, 1.54) is 25.7 Å². The molecule has 0 N–H and O–H groups in total. The van der Waals surface area contributed by atoms with Gasteiger partial charge in [0.15, 0.2) is 0 Å². The third kappa shape index (κ3) is 1.36. The third-order valence-electron chi connectivity index (χ3n) is 1.63. The summed E-state index contributed by atoms with van der Waals surface area (Å²) in [5.74, 6) is 0.601. The number of rotatable bonds is 1. The smallest absolute Gasteiger partial charge is 0.00991 e. The topological polar surface area (TPSA) is 0 Å². The Bertz CT molecular complexity index is 68.1. The van der Waals surface area contributed by atoms with Gasteiger partial charge in [-0.15, -0.1) is 6.58 Å². The largest absolute Gasteiger partial charge is 0.103 e. The fourth-order valence-corrected chi connectivity index (χ4v) is 1.08. The number of hydrogen-bond acceptors (Lipinski definition) is 0. The van der Waals surface area contributed by atoms with Crippen LogP contribution in [0.15, 0.2) is 12.7 Å². The molecule has 1 saturated carbocycles. The SMILES string of the molecule is C=CC1[C]CCCC1. The Kier molecular flexibility index (Phi) is 2.13. The van der Waals surface area contributed by atoms with Gasteiger partial charge >= 0.3 is 0 Å². The molecule has 0 aliphatic heterocycles. The van der Waals surface area contributed by atoms with E-state index < -0.39 is 0 Å². The molecule has 8 heavy (non-hydrogen) atoms. The van der Waals surface area contributed by atoms with E-state index in [2.05, 4.69) is 13.0 Å². The van der Waals surface area contributed by atoms with Crippen molar-refractivity contribution in [1.29, 1.82) is 0 Å². The molecule has 0 nitrogen and oxygen atoms in total. The van der Waals surface area contributed by atoms with Crippen LogP contribution in [0, 0.1) is 12.3 Å². The molecule has 1 atom stereocenters. The summed E-state index contributed by atoms with van der Waals surface area (Å²) in [6.07, 6.45) is 10.5. The molecule has 1 aliphatic rings. The van der Waals surface area contributed by atoms with Gasteiger partial charge in [0, 0.05) is 0 Å². The van der Waals surface area contributed by atoms with Crippen molar-refractivity contribution < 1.29 is 0 Å². The van der Waals surface area contributed by atoms with Crippen LogP contribution in [-0.4, -0.2) is 0 Å². The molecular weight excluding hydrogens is 96.1 g/mol. The van der Waals surface area contributed by atoms with E-state index in [0.29, 0.717) is 5.92 Å². The molecule has 0 aromatic carbocycles. The van der Waals surface area contributed by atoms with Crippen molar-refractivity contribution >= 4 is 0 Å².